The highest BCUT2D eigenvalue weighted by molar-refractivity contribution is 9.10. The zero-order chi connectivity index (χ0) is 20.8. The van der Waals surface area contributed by atoms with E-state index in [1.165, 1.54) is 27.2 Å². The minimum Gasteiger partial charge on any atom is -0.274 e. The van der Waals surface area contributed by atoms with Crippen molar-refractivity contribution in [2.45, 2.75) is 25.2 Å². The maximum Gasteiger partial charge on any atom is 0.238 e. The number of hydrogen-bond donors (Lipinski definition) is 0. The Bertz CT molecular complexity index is 1220. The van der Waals surface area contributed by atoms with Crippen molar-refractivity contribution in [1.82, 2.24) is 0 Å². The van der Waals surface area contributed by atoms with Gasteiger partial charge in [-0.2, -0.15) is 0 Å². The molecule has 148 valence electrons. The van der Waals surface area contributed by atoms with Crippen LogP contribution in [-0.4, -0.2) is 11.8 Å². The van der Waals surface area contributed by atoms with Gasteiger partial charge in [-0.15, -0.1) is 0 Å². The lowest BCUT2D eigenvalue weighted by Gasteiger charge is -2.52. The number of imide groups is 1. The van der Waals surface area contributed by atoms with Gasteiger partial charge in [0, 0.05) is 15.8 Å². The highest BCUT2D eigenvalue weighted by atomic mass is 79.9. The minimum atomic E-state index is -0.518. The van der Waals surface area contributed by atoms with E-state index >= 15 is 0 Å². The number of carbonyl (C=O) groups excluding carboxylic acids is 2. The van der Waals surface area contributed by atoms with Crippen LogP contribution < -0.4 is 4.90 Å². The van der Waals surface area contributed by atoms with Crippen molar-refractivity contribution in [2.75, 3.05) is 4.90 Å². The highest BCUT2D eigenvalue weighted by Crippen LogP contribution is 2.64. The van der Waals surface area contributed by atoms with Gasteiger partial charge < -0.3 is 0 Å². The molecule has 3 aliphatic carbocycles. The molecule has 2 atom stereocenters. The fraction of sp³-hybridized carbons (Fsp3) is 0.231. The standard InChI is InChI=1S/C26H20BrNO2/c1-14-11-12-15(13-20(14)27)28-24(29)22-21-16-7-3-5-9-18(16)26(2,23(22)25(28)30)19-10-6-4-8-17(19)21/h3-13,21-23H,1-2H3/t21?,22-,23-,26?/m1/s1. The number of hydrogen-bond acceptors (Lipinski definition) is 2. The van der Waals surface area contributed by atoms with Crippen LogP contribution in [0, 0.1) is 18.8 Å². The van der Waals surface area contributed by atoms with E-state index in [0.717, 1.165) is 10.0 Å². The Kier molecular flexibility index (Phi) is 3.57. The number of halogens is 1. The smallest absolute Gasteiger partial charge is 0.238 e. The van der Waals surface area contributed by atoms with Crippen molar-refractivity contribution in [1.29, 1.82) is 0 Å². The van der Waals surface area contributed by atoms with Gasteiger partial charge in [-0.1, -0.05) is 77.5 Å². The summed E-state index contributed by atoms with van der Waals surface area (Å²) < 4.78 is 0.899. The first-order chi connectivity index (χ1) is 14.4. The first kappa shape index (κ1) is 18.1. The molecule has 4 heteroatoms. The van der Waals surface area contributed by atoms with E-state index in [-0.39, 0.29) is 29.6 Å². The SMILES string of the molecule is Cc1ccc(N2C(=O)[C@@H]3C4c5ccccc5C(C)(c5ccccc54)[C@H]3C2=O)cc1Br. The minimum absolute atomic E-state index is 0.0824. The summed E-state index contributed by atoms with van der Waals surface area (Å²) in [6.45, 7) is 4.15. The summed E-state index contributed by atoms with van der Waals surface area (Å²) >= 11 is 3.55. The molecule has 1 fully saturated rings. The molecule has 0 unspecified atom stereocenters. The molecular formula is C26H20BrNO2. The predicted octanol–water partition coefficient (Wildman–Crippen LogP) is 5.33. The van der Waals surface area contributed by atoms with E-state index in [0.29, 0.717) is 5.69 Å². The van der Waals surface area contributed by atoms with E-state index in [9.17, 15) is 9.59 Å². The summed E-state index contributed by atoms with van der Waals surface area (Å²) in [5.74, 6) is -1.01. The molecule has 0 radical (unpaired) electrons. The first-order valence-electron chi connectivity index (χ1n) is 10.3. The average Bonchev–Trinajstić information content (AvgIpc) is 3.02. The van der Waals surface area contributed by atoms with Crippen LogP contribution in [0.3, 0.4) is 0 Å². The van der Waals surface area contributed by atoms with E-state index in [1.54, 1.807) is 0 Å². The maximum atomic E-state index is 13.9. The summed E-state index contributed by atoms with van der Waals surface area (Å²) in [6.07, 6.45) is 0. The van der Waals surface area contributed by atoms with Gasteiger partial charge in [0.05, 0.1) is 17.5 Å². The molecule has 0 N–H and O–H groups in total. The fourth-order valence-electron chi connectivity index (χ4n) is 6.13. The van der Waals surface area contributed by atoms with Crippen molar-refractivity contribution in [3.05, 3.63) is 99.0 Å². The molecule has 0 saturated carbocycles. The van der Waals surface area contributed by atoms with Gasteiger partial charge in [0.15, 0.2) is 0 Å². The lowest BCUT2D eigenvalue weighted by molar-refractivity contribution is -0.123. The monoisotopic (exact) mass is 457 g/mol. The number of rotatable bonds is 1. The second-order valence-electron chi connectivity index (χ2n) is 8.80. The lowest BCUT2D eigenvalue weighted by Crippen LogP contribution is -2.51. The number of carbonyl (C=O) groups is 2. The van der Waals surface area contributed by atoms with Crippen LogP contribution in [0.4, 0.5) is 5.69 Å². The summed E-state index contributed by atoms with van der Waals surface area (Å²) in [6, 6.07) is 22.4. The second-order valence-corrected chi connectivity index (χ2v) is 9.66. The Hall–Kier alpha value is -2.72. The van der Waals surface area contributed by atoms with Gasteiger partial charge in [-0.25, -0.2) is 4.90 Å². The van der Waals surface area contributed by atoms with E-state index in [2.05, 4.69) is 47.1 Å². The summed E-state index contributed by atoms with van der Waals surface area (Å²) in [5.41, 5.74) is 5.94. The van der Waals surface area contributed by atoms with Gasteiger partial charge >= 0.3 is 0 Å². The average molecular weight is 458 g/mol. The maximum absolute atomic E-state index is 13.9. The molecule has 0 aromatic heterocycles. The van der Waals surface area contributed by atoms with Gasteiger partial charge in [0.25, 0.3) is 0 Å². The van der Waals surface area contributed by atoms with Gasteiger partial charge in [0.1, 0.15) is 0 Å². The van der Waals surface area contributed by atoms with Crippen LogP contribution in [0.5, 0.6) is 0 Å². The third-order valence-electron chi connectivity index (χ3n) is 7.46. The summed E-state index contributed by atoms with van der Waals surface area (Å²) in [5, 5.41) is 0. The molecule has 1 saturated heterocycles. The van der Waals surface area contributed by atoms with Gasteiger partial charge in [-0.3, -0.25) is 9.59 Å². The lowest BCUT2D eigenvalue weighted by atomic mass is 9.48. The Labute approximate surface area is 183 Å². The third-order valence-corrected chi connectivity index (χ3v) is 8.31. The topological polar surface area (TPSA) is 37.4 Å². The molecule has 3 nitrogen and oxygen atoms in total. The highest BCUT2D eigenvalue weighted by Gasteiger charge is 2.66. The van der Waals surface area contributed by atoms with Gasteiger partial charge in [0.2, 0.25) is 11.8 Å². The number of anilines is 1. The van der Waals surface area contributed by atoms with E-state index in [4.69, 9.17) is 0 Å². The molecule has 1 aliphatic heterocycles. The van der Waals surface area contributed by atoms with Crippen molar-refractivity contribution in [3.8, 4) is 0 Å². The van der Waals surface area contributed by atoms with Crippen molar-refractivity contribution >= 4 is 33.4 Å². The summed E-state index contributed by atoms with van der Waals surface area (Å²) in [7, 11) is 0. The zero-order valence-electron chi connectivity index (χ0n) is 16.7. The molecule has 2 amide bonds. The molecule has 4 aliphatic rings. The Morgan fingerprint density at radius 2 is 1.47 bits per heavy atom. The number of nitrogens with zero attached hydrogens (tertiary/aromatic N) is 1. The molecule has 30 heavy (non-hydrogen) atoms. The summed E-state index contributed by atoms with van der Waals surface area (Å²) in [4.78, 5) is 29.1. The second kappa shape index (κ2) is 5.92. The quantitative estimate of drug-likeness (QED) is 0.463. The number of aryl methyl sites for hydroxylation is 1. The largest absolute Gasteiger partial charge is 0.274 e. The molecule has 1 heterocycles. The third kappa shape index (κ3) is 2.00. The van der Waals surface area contributed by atoms with Crippen molar-refractivity contribution < 1.29 is 9.59 Å². The fourth-order valence-corrected chi connectivity index (χ4v) is 6.49. The van der Waals surface area contributed by atoms with E-state index < -0.39 is 5.41 Å². The zero-order valence-corrected chi connectivity index (χ0v) is 18.3. The van der Waals surface area contributed by atoms with E-state index in [1.807, 2.05) is 49.4 Å². The Balaban J connectivity index is 1.60. The van der Waals surface area contributed by atoms with Gasteiger partial charge in [-0.05, 0) is 46.9 Å². The van der Waals surface area contributed by atoms with Crippen LogP contribution in [0.2, 0.25) is 0 Å². The Morgan fingerprint density at radius 1 is 0.867 bits per heavy atom. The van der Waals surface area contributed by atoms with Crippen molar-refractivity contribution in [3.63, 3.8) is 0 Å². The number of amides is 2. The molecule has 3 aromatic carbocycles. The molecule has 2 bridgehead atoms. The normalized spacial score (nSPS) is 28.4. The molecule has 0 spiro atoms. The molecule has 7 rings (SSSR count). The predicted molar refractivity (Wildman–Crippen MR) is 120 cm³/mol. The van der Waals surface area contributed by atoms with Crippen LogP contribution in [-0.2, 0) is 15.0 Å². The Morgan fingerprint density at radius 3 is 2.07 bits per heavy atom. The van der Waals surface area contributed by atoms with Crippen LogP contribution >= 0.6 is 15.9 Å². The first-order valence-corrected chi connectivity index (χ1v) is 11.1. The van der Waals surface area contributed by atoms with Crippen LogP contribution in [0.25, 0.3) is 0 Å². The van der Waals surface area contributed by atoms with Crippen LogP contribution in [0.15, 0.2) is 71.2 Å². The molecular weight excluding hydrogens is 438 g/mol. The molecule has 3 aromatic rings. The van der Waals surface area contributed by atoms with Crippen molar-refractivity contribution in [2.24, 2.45) is 11.8 Å². The van der Waals surface area contributed by atoms with Crippen LogP contribution in [0.1, 0.15) is 40.7 Å². The number of benzene rings is 3.